The number of halogens is 1. The van der Waals surface area contributed by atoms with Gasteiger partial charge in [-0.2, -0.15) is 0 Å². The van der Waals surface area contributed by atoms with Crippen molar-refractivity contribution in [2.24, 2.45) is 5.92 Å². The van der Waals surface area contributed by atoms with Gasteiger partial charge >= 0.3 is 0 Å². The summed E-state index contributed by atoms with van der Waals surface area (Å²) in [5.41, 5.74) is 3.43. The number of hydrogen-bond donors (Lipinski definition) is 0. The maximum Gasteiger partial charge on any atom is 0.222 e. The van der Waals surface area contributed by atoms with Crippen molar-refractivity contribution >= 4 is 23.3 Å². The molecule has 27 heavy (non-hydrogen) atoms. The fourth-order valence-electron chi connectivity index (χ4n) is 3.79. The number of Topliss-reactive ketones (excluding diaryl/α,β-unsaturated/α-hetero) is 1. The van der Waals surface area contributed by atoms with Crippen LogP contribution < -0.4 is 0 Å². The number of likely N-dealkylation sites (tertiary alicyclic amines) is 1. The van der Waals surface area contributed by atoms with Crippen LogP contribution in [0, 0.1) is 26.7 Å². The third-order valence-electron chi connectivity index (χ3n) is 5.37. The molecule has 0 spiro atoms. The van der Waals surface area contributed by atoms with Crippen LogP contribution in [0.4, 0.5) is 0 Å². The highest BCUT2D eigenvalue weighted by Crippen LogP contribution is 2.25. The molecule has 0 N–H and O–H groups in total. The first-order chi connectivity index (χ1) is 12.9. The summed E-state index contributed by atoms with van der Waals surface area (Å²) in [5, 5.41) is 4.56. The van der Waals surface area contributed by atoms with Crippen molar-refractivity contribution in [3.8, 4) is 0 Å². The van der Waals surface area contributed by atoms with Crippen LogP contribution in [-0.4, -0.2) is 34.8 Å². The molecule has 1 saturated heterocycles. The standard InChI is InChI=1S/C21H25ClN2O3/c1-13-11-17(22)6-7-18(13)21(26)16-5-4-10-24(12-16)20(25)9-8-19-14(2)23-27-15(19)3/h6-7,11,16H,4-5,8-10,12H2,1-3H3/t16-/m0/s1. The lowest BCUT2D eigenvalue weighted by molar-refractivity contribution is -0.132. The Labute approximate surface area is 164 Å². The lowest BCUT2D eigenvalue weighted by Gasteiger charge is -2.32. The maximum absolute atomic E-state index is 12.9. The van der Waals surface area contributed by atoms with Crippen molar-refractivity contribution in [1.82, 2.24) is 10.1 Å². The first-order valence-electron chi connectivity index (χ1n) is 9.36. The minimum Gasteiger partial charge on any atom is -0.361 e. The van der Waals surface area contributed by atoms with E-state index in [1.807, 2.05) is 31.7 Å². The molecule has 1 amide bonds. The number of ketones is 1. The molecule has 1 atom stereocenters. The molecule has 0 unspecified atom stereocenters. The summed E-state index contributed by atoms with van der Waals surface area (Å²) >= 11 is 6.00. The average molecular weight is 389 g/mol. The Morgan fingerprint density at radius 1 is 1.30 bits per heavy atom. The van der Waals surface area contributed by atoms with Gasteiger partial charge in [0.05, 0.1) is 5.69 Å². The predicted octanol–water partition coefficient (Wildman–Crippen LogP) is 4.31. The van der Waals surface area contributed by atoms with Crippen LogP contribution in [0.1, 0.15) is 52.2 Å². The van der Waals surface area contributed by atoms with E-state index in [2.05, 4.69) is 5.16 Å². The number of aromatic nitrogens is 1. The van der Waals surface area contributed by atoms with Gasteiger partial charge in [0.25, 0.3) is 0 Å². The number of nitrogens with zero attached hydrogens (tertiary/aromatic N) is 2. The number of amides is 1. The van der Waals surface area contributed by atoms with Crippen molar-refractivity contribution in [2.75, 3.05) is 13.1 Å². The SMILES string of the molecule is Cc1cc(Cl)ccc1C(=O)[C@H]1CCCN(C(=O)CCc2c(C)noc2C)C1. The molecule has 0 radical (unpaired) electrons. The Balaban J connectivity index is 1.63. The van der Waals surface area contributed by atoms with Gasteiger partial charge in [0.2, 0.25) is 5.91 Å². The van der Waals surface area contributed by atoms with E-state index >= 15 is 0 Å². The zero-order valence-electron chi connectivity index (χ0n) is 16.0. The Bertz CT molecular complexity index is 840. The Hall–Kier alpha value is -2.14. The quantitative estimate of drug-likeness (QED) is 0.716. The van der Waals surface area contributed by atoms with E-state index in [9.17, 15) is 9.59 Å². The first kappa shape index (κ1) is 19.6. The highest BCUT2D eigenvalue weighted by atomic mass is 35.5. The number of hydrogen-bond acceptors (Lipinski definition) is 4. The number of rotatable bonds is 5. The van der Waals surface area contributed by atoms with Crippen LogP contribution in [-0.2, 0) is 11.2 Å². The molecule has 2 aromatic rings. The zero-order chi connectivity index (χ0) is 19.6. The molecule has 1 aromatic carbocycles. The summed E-state index contributed by atoms with van der Waals surface area (Å²) in [6.07, 6.45) is 2.68. The van der Waals surface area contributed by atoms with Gasteiger partial charge in [0.15, 0.2) is 5.78 Å². The van der Waals surface area contributed by atoms with Crippen LogP contribution in [0.3, 0.4) is 0 Å². The molecule has 1 fully saturated rings. The van der Waals surface area contributed by atoms with E-state index in [0.717, 1.165) is 35.4 Å². The summed E-state index contributed by atoms with van der Waals surface area (Å²) in [6, 6.07) is 5.35. The van der Waals surface area contributed by atoms with Crippen molar-refractivity contribution in [3.63, 3.8) is 0 Å². The van der Waals surface area contributed by atoms with Gasteiger partial charge in [0.1, 0.15) is 5.76 Å². The normalized spacial score (nSPS) is 17.2. The minimum atomic E-state index is -0.151. The lowest BCUT2D eigenvalue weighted by atomic mass is 9.88. The molecule has 2 heterocycles. The zero-order valence-corrected chi connectivity index (χ0v) is 16.8. The van der Waals surface area contributed by atoms with Crippen LogP contribution >= 0.6 is 11.6 Å². The second-order valence-electron chi connectivity index (χ2n) is 7.31. The molecule has 0 aliphatic carbocycles. The molecule has 0 saturated carbocycles. The molecule has 1 aliphatic rings. The van der Waals surface area contributed by atoms with E-state index in [4.69, 9.17) is 16.1 Å². The highest BCUT2D eigenvalue weighted by Gasteiger charge is 2.29. The molecule has 6 heteroatoms. The summed E-state index contributed by atoms with van der Waals surface area (Å²) in [4.78, 5) is 27.4. The number of aryl methyl sites for hydroxylation is 3. The van der Waals surface area contributed by atoms with E-state index in [1.54, 1.807) is 12.1 Å². The van der Waals surface area contributed by atoms with Gasteiger partial charge in [-0.1, -0.05) is 16.8 Å². The third kappa shape index (κ3) is 4.41. The second-order valence-corrected chi connectivity index (χ2v) is 7.74. The van der Waals surface area contributed by atoms with Gasteiger partial charge in [-0.25, -0.2) is 0 Å². The molecular formula is C21H25ClN2O3. The van der Waals surface area contributed by atoms with Gasteiger partial charge in [-0.15, -0.1) is 0 Å². The summed E-state index contributed by atoms with van der Waals surface area (Å²) in [6.45, 7) is 6.85. The number of benzene rings is 1. The highest BCUT2D eigenvalue weighted by molar-refractivity contribution is 6.30. The molecule has 1 aliphatic heterocycles. The average Bonchev–Trinajstić information content (AvgIpc) is 2.97. The minimum absolute atomic E-state index is 0.0836. The third-order valence-corrected chi connectivity index (χ3v) is 5.60. The number of piperidine rings is 1. The van der Waals surface area contributed by atoms with E-state index in [1.165, 1.54) is 0 Å². The summed E-state index contributed by atoms with van der Waals surface area (Å²) in [7, 11) is 0. The van der Waals surface area contributed by atoms with Crippen molar-refractivity contribution < 1.29 is 14.1 Å². The van der Waals surface area contributed by atoms with Crippen LogP contribution in [0.25, 0.3) is 0 Å². The largest absolute Gasteiger partial charge is 0.361 e. The number of carbonyl (C=O) groups excluding carboxylic acids is 2. The van der Waals surface area contributed by atoms with Crippen LogP contribution in [0.2, 0.25) is 5.02 Å². The molecule has 1 aromatic heterocycles. The molecular weight excluding hydrogens is 364 g/mol. The van der Waals surface area contributed by atoms with Crippen LogP contribution in [0.15, 0.2) is 22.7 Å². The Morgan fingerprint density at radius 3 is 2.74 bits per heavy atom. The predicted molar refractivity (Wildman–Crippen MR) is 104 cm³/mol. The van der Waals surface area contributed by atoms with Gasteiger partial charge < -0.3 is 9.42 Å². The van der Waals surface area contributed by atoms with Crippen LogP contribution in [0.5, 0.6) is 0 Å². The van der Waals surface area contributed by atoms with Gasteiger partial charge in [0, 0.05) is 41.6 Å². The van der Waals surface area contributed by atoms with Crippen molar-refractivity contribution in [3.05, 3.63) is 51.4 Å². The maximum atomic E-state index is 12.9. The number of carbonyl (C=O) groups is 2. The summed E-state index contributed by atoms with van der Waals surface area (Å²) in [5.74, 6) is 0.805. The molecule has 144 valence electrons. The molecule has 5 nitrogen and oxygen atoms in total. The van der Waals surface area contributed by atoms with Crippen molar-refractivity contribution in [2.45, 2.75) is 46.5 Å². The smallest absolute Gasteiger partial charge is 0.222 e. The van der Waals surface area contributed by atoms with Gasteiger partial charge in [-0.05, 0) is 63.8 Å². The van der Waals surface area contributed by atoms with E-state index < -0.39 is 0 Å². The van der Waals surface area contributed by atoms with Gasteiger partial charge in [-0.3, -0.25) is 9.59 Å². The second kappa shape index (κ2) is 8.26. The molecule has 0 bridgehead atoms. The first-order valence-corrected chi connectivity index (χ1v) is 9.74. The Morgan fingerprint density at radius 2 is 2.07 bits per heavy atom. The molecule has 3 rings (SSSR count). The van der Waals surface area contributed by atoms with Crippen molar-refractivity contribution in [1.29, 1.82) is 0 Å². The lowest BCUT2D eigenvalue weighted by Crippen LogP contribution is -2.42. The topological polar surface area (TPSA) is 63.4 Å². The van der Waals surface area contributed by atoms with E-state index in [0.29, 0.717) is 36.5 Å². The Kier molecular flexibility index (Phi) is 6.00. The fraction of sp³-hybridized carbons (Fsp3) is 0.476. The fourth-order valence-corrected chi connectivity index (χ4v) is 4.02. The monoisotopic (exact) mass is 388 g/mol. The summed E-state index contributed by atoms with van der Waals surface area (Å²) < 4.78 is 5.16. The van der Waals surface area contributed by atoms with E-state index in [-0.39, 0.29) is 17.6 Å².